The van der Waals surface area contributed by atoms with Gasteiger partial charge in [0.2, 0.25) is 0 Å². The molecule has 5 nitrogen and oxygen atoms in total. The second-order valence-corrected chi connectivity index (χ2v) is 3.27. The number of rotatable bonds is 3. The molecule has 0 radical (unpaired) electrons. The van der Waals surface area contributed by atoms with Gasteiger partial charge in [0.25, 0.3) is 0 Å². The Balaban J connectivity index is 2.23. The topological polar surface area (TPSA) is 63.7 Å². The minimum absolute atomic E-state index is 0.532. The van der Waals surface area contributed by atoms with Crippen LogP contribution < -0.4 is 0 Å². The fourth-order valence-corrected chi connectivity index (χ4v) is 1.69. The maximum absolute atomic E-state index is 4.96. The van der Waals surface area contributed by atoms with E-state index in [1.807, 2.05) is 5.38 Å². The summed E-state index contributed by atoms with van der Waals surface area (Å²) in [7, 11) is 1.65. The van der Waals surface area contributed by atoms with E-state index in [1.165, 1.54) is 17.7 Å². The van der Waals surface area contributed by atoms with Crippen molar-refractivity contribution in [1.82, 2.24) is 20.2 Å². The zero-order chi connectivity index (χ0) is 9.10. The second-order valence-electron chi connectivity index (χ2n) is 2.41. The van der Waals surface area contributed by atoms with Crippen LogP contribution in [-0.2, 0) is 11.3 Å². The van der Waals surface area contributed by atoms with Gasteiger partial charge in [-0.2, -0.15) is 5.10 Å². The lowest BCUT2D eigenvalue weighted by Gasteiger charge is -1.90. The summed E-state index contributed by atoms with van der Waals surface area (Å²) in [5.74, 6) is 0.701. The number of ether oxygens (including phenoxy) is 1. The molecule has 0 bridgehead atoms. The van der Waals surface area contributed by atoms with Crippen LogP contribution in [0.15, 0.2) is 11.7 Å². The Hall–Kier alpha value is -1.27. The maximum atomic E-state index is 4.96. The number of hydrogen-bond acceptors (Lipinski definition) is 5. The van der Waals surface area contributed by atoms with Gasteiger partial charge in [-0.3, -0.25) is 5.10 Å². The lowest BCUT2D eigenvalue weighted by molar-refractivity contribution is 0.182. The highest BCUT2D eigenvalue weighted by molar-refractivity contribution is 7.13. The lowest BCUT2D eigenvalue weighted by atomic mass is 10.5. The molecule has 0 saturated heterocycles. The Labute approximate surface area is 78.8 Å². The maximum Gasteiger partial charge on any atom is 0.184 e. The van der Waals surface area contributed by atoms with Crippen LogP contribution >= 0.6 is 11.3 Å². The molecule has 13 heavy (non-hydrogen) atoms. The first kappa shape index (κ1) is 8.33. The van der Waals surface area contributed by atoms with Gasteiger partial charge in [-0.05, 0) is 0 Å². The minimum Gasteiger partial charge on any atom is -0.378 e. The van der Waals surface area contributed by atoms with Crippen molar-refractivity contribution in [3.8, 4) is 10.8 Å². The van der Waals surface area contributed by atoms with E-state index >= 15 is 0 Å². The average Bonchev–Trinajstić information content (AvgIpc) is 2.70. The zero-order valence-electron chi connectivity index (χ0n) is 7.02. The van der Waals surface area contributed by atoms with Gasteiger partial charge in [0.1, 0.15) is 6.33 Å². The number of methoxy groups -OCH3 is 1. The molecule has 2 heterocycles. The fourth-order valence-electron chi connectivity index (χ4n) is 0.938. The van der Waals surface area contributed by atoms with Gasteiger partial charge in [-0.1, -0.05) is 0 Å². The summed E-state index contributed by atoms with van der Waals surface area (Å²) < 4.78 is 4.96. The molecule has 0 aliphatic heterocycles. The molecule has 0 saturated carbocycles. The molecule has 0 atom stereocenters. The van der Waals surface area contributed by atoms with Crippen molar-refractivity contribution in [2.75, 3.05) is 7.11 Å². The molecule has 2 aromatic rings. The zero-order valence-corrected chi connectivity index (χ0v) is 7.84. The third-order valence-electron chi connectivity index (χ3n) is 1.46. The van der Waals surface area contributed by atoms with Crippen LogP contribution in [0.3, 0.4) is 0 Å². The first-order chi connectivity index (χ1) is 6.40. The van der Waals surface area contributed by atoms with E-state index < -0.39 is 0 Å². The molecule has 0 unspecified atom stereocenters. The quantitative estimate of drug-likeness (QED) is 0.797. The molecule has 0 fully saturated rings. The smallest absolute Gasteiger partial charge is 0.184 e. The Morgan fingerprint density at radius 2 is 2.54 bits per heavy atom. The number of aromatic amines is 1. The van der Waals surface area contributed by atoms with Crippen LogP contribution in [0.1, 0.15) is 5.69 Å². The molecule has 2 aromatic heterocycles. The van der Waals surface area contributed by atoms with Crippen molar-refractivity contribution in [2.45, 2.75) is 6.61 Å². The number of nitrogens with one attached hydrogen (secondary N) is 1. The van der Waals surface area contributed by atoms with Gasteiger partial charge in [-0.15, -0.1) is 11.3 Å². The predicted molar refractivity (Wildman–Crippen MR) is 48.2 cm³/mol. The van der Waals surface area contributed by atoms with Gasteiger partial charge < -0.3 is 4.74 Å². The summed E-state index contributed by atoms with van der Waals surface area (Å²) in [5.41, 5.74) is 0.916. The van der Waals surface area contributed by atoms with E-state index in [0.29, 0.717) is 12.4 Å². The summed E-state index contributed by atoms with van der Waals surface area (Å²) in [5, 5.41) is 9.29. The van der Waals surface area contributed by atoms with E-state index in [1.54, 1.807) is 7.11 Å². The highest BCUT2D eigenvalue weighted by Crippen LogP contribution is 2.19. The summed E-state index contributed by atoms with van der Waals surface area (Å²) in [4.78, 5) is 8.30. The second kappa shape index (κ2) is 3.63. The number of aromatic nitrogens is 4. The van der Waals surface area contributed by atoms with Crippen molar-refractivity contribution >= 4 is 11.3 Å². The molecular formula is C7H8N4OS. The summed E-state index contributed by atoms with van der Waals surface area (Å²) in [6.45, 7) is 0.532. The van der Waals surface area contributed by atoms with Gasteiger partial charge in [0, 0.05) is 12.5 Å². The molecule has 2 rings (SSSR count). The van der Waals surface area contributed by atoms with E-state index in [2.05, 4.69) is 20.2 Å². The van der Waals surface area contributed by atoms with Crippen molar-refractivity contribution in [2.24, 2.45) is 0 Å². The van der Waals surface area contributed by atoms with Crippen molar-refractivity contribution in [3.63, 3.8) is 0 Å². The predicted octanol–water partition coefficient (Wildman–Crippen LogP) is 1.07. The molecule has 1 N–H and O–H groups in total. The molecule has 0 amide bonds. The van der Waals surface area contributed by atoms with Crippen LogP contribution in [0.25, 0.3) is 10.8 Å². The molecule has 0 aromatic carbocycles. The van der Waals surface area contributed by atoms with Crippen LogP contribution in [0, 0.1) is 0 Å². The number of nitrogens with zero attached hydrogens (tertiary/aromatic N) is 3. The summed E-state index contributed by atoms with van der Waals surface area (Å²) in [6.07, 6.45) is 1.47. The van der Waals surface area contributed by atoms with E-state index in [4.69, 9.17) is 4.74 Å². The molecule has 6 heteroatoms. The number of thiazole rings is 1. The fraction of sp³-hybridized carbons (Fsp3) is 0.286. The molecule has 0 spiro atoms. The van der Waals surface area contributed by atoms with E-state index in [9.17, 15) is 0 Å². The van der Waals surface area contributed by atoms with Gasteiger partial charge >= 0.3 is 0 Å². The Kier molecular flexibility index (Phi) is 2.33. The van der Waals surface area contributed by atoms with E-state index in [-0.39, 0.29) is 0 Å². The van der Waals surface area contributed by atoms with Crippen molar-refractivity contribution in [3.05, 3.63) is 17.4 Å². The molecule has 0 aliphatic rings. The Morgan fingerprint density at radius 3 is 3.23 bits per heavy atom. The monoisotopic (exact) mass is 196 g/mol. The molecule has 0 aliphatic carbocycles. The van der Waals surface area contributed by atoms with Crippen LogP contribution in [-0.4, -0.2) is 27.3 Å². The normalized spacial score (nSPS) is 10.5. The van der Waals surface area contributed by atoms with Gasteiger partial charge in [0.15, 0.2) is 10.8 Å². The number of H-pyrrole nitrogens is 1. The van der Waals surface area contributed by atoms with Crippen LogP contribution in [0.4, 0.5) is 0 Å². The van der Waals surface area contributed by atoms with Gasteiger partial charge in [0.05, 0.1) is 12.3 Å². The highest BCUT2D eigenvalue weighted by atomic mass is 32.1. The molecular weight excluding hydrogens is 188 g/mol. The van der Waals surface area contributed by atoms with Gasteiger partial charge in [-0.25, -0.2) is 9.97 Å². The first-order valence-corrected chi connectivity index (χ1v) is 4.57. The Morgan fingerprint density at radius 1 is 1.62 bits per heavy atom. The summed E-state index contributed by atoms with van der Waals surface area (Å²) in [6, 6.07) is 0. The van der Waals surface area contributed by atoms with Crippen LogP contribution in [0.5, 0.6) is 0 Å². The average molecular weight is 196 g/mol. The van der Waals surface area contributed by atoms with E-state index in [0.717, 1.165) is 10.7 Å². The standard InChI is InChI=1S/C7H8N4OS/c1-12-2-5-3-13-7(10-5)6-8-4-9-11-6/h3-4H,2H2,1H3,(H,8,9,11). The number of hydrogen-bond donors (Lipinski definition) is 1. The largest absolute Gasteiger partial charge is 0.378 e. The first-order valence-electron chi connectivity index (χ1n) is 3.69. The summed E-state index contributed by atoms with van der Waals surface area (Å²) >= 11 is 1.52. The minimum atomic E-state index is 0.532. The third kappa shape index (κ3) is 1.73. The van der Waals surface area contributed by atoms with Crippen molar-refractivity contribution in [1.29, 1.82) is 0 Å². The SMILES string of the molecule is COCc1csc(-c2ncn[nH]2)n1. The molecule has 68 valence electrons. The lowest BCUT2D eigenvalue weighted by Crippen LogP contribution is -1.87. The van der Waals surface area contributed by atoms with Crippen molar-refractivity contribution < 1.29 is 4.74 Å². The Bertz CT molecular complexity index is 370. The van der Waals surface area contributed by atoms with Crippen LogP contribution in [0.2, 0.25) is 0 Å². The third-order valence-corrected chi connectivity index (χ3v) is 2.36. The highest BCUT2D eigenvalue weighted by Gasteiger charge is 2.05.